The van der Waals surface area contributed by atoms with Crippen molar-refractivity contribution in [2.75, 3.05) is 6.54 Å². The molecule has 2 rings (SSSR count). The van der Waals surface area contributed by atoms with Gasteiger partial charge in [0.2, 0.25) is 5.91 Å². The summed E-state index contributed by atoms with van der Waals surface area (Å²) < 4.78 is 0. The van der Waals surface area contributed by atoms with E-state index in [4.69, 9.17) is 5.73 Å². The van der Waals surface area contributed by atoms with E-state index in [1.807, 2.05) is 31.2 Å². The van der Waals surface area contributed by atoms with E-state index in [1.54, 1.807) is 4.90 Å². The Kier molecular flexibility index (Phi) is 4.39. The molecule has 1 aromatic carbocycles. The van der Waals surface area contributed by atoms with E-state index in [1.165, 1.54) is 0 Å². The average Bonchev–Trinajstić information content (AvgIpc) is 2.45. The molecule has 0 saturated heterocycles. The molecule has 5 heteroatoms. The highest BCUT2D eigenvalue weighted by molar-refractivity contribution is 5.84. The van der Waals surface area contributed by atoms with Crippen LogP contribution in [0, 0.1) is 0 Å². The number of fused-ring (bicyclic) bond motifs is 1. The number of carboxylic acid groups (broad SMARTS) is 1. The number of rotatable bonds is 4. The molecule has 1 amide bonds. The van der Waals surface area contributed by atoms with Gasteiger partial charge in [0.15, 0.2) is 0 Å². The second kappa shape index (κ2) is 6.05. The fourth-order valence-electron chi connectivity index (χ4n) is 2.66. The maximum atomic E-state index is 12.3. The van der Waals surface area contributed by atoms with Crippen molar-refractivity contribution in [1.29, 1.82) is 0 Å². The smallest absolute Gasteiger partial charge is 0.312 e. The van der Waals surface area contributed by atoms with Crippen LogP contribution in [0.1, 0.15) is 36.8 Å². The molecule has 3 N–H and O–H groups in total. The van der Waals surface area contributed by atoms with Crippen LogP contribution in [0.2, 0.25) is 0 Å². The van der Waals surface area contributed by atoms with Crippen LogP contribution < -0.4 is 5.73 Å². The Labute approximate surface area is 118 Å². The number of carboxylic acids is 1. The van der Waals surface area contributed by atoms with Crippen molar-refractivity contribution in [3.63, 3.8) is 0 Å². The van der Waals surface area contributed by atoms with Gasteiger partial charge < -0.3 is 15.7 Å². The largest absolute Gasteiger partial charge is 0.481 e. The highest BCUT2D eigenvalue weighted by Gasteiger charge is 2.33. The lowest BCUT2D eigenvalue weighted by molar-refractivity contribution is -0.141. The minimum Gasteiger partial charge on any atom is -0.481 e. The van der Waals surface area contributed by atoms with Gasteiger partial charge in [-0.05, 0) is 17.5 Å². The van der Waals surface area contributed by atoms with Crippen molar-refractivity contribution in [3.8, 4) is 0 Å². The molecule has 1 heterocycles. The first-order chi connectivity index (χ1) is 9.54. The topological polar surface area (TPSA) is 83.6 Å². The monoisotopic (exact) mass is 276 g/mol. The number of hydrogen-bond acceptors (Lipinski definition) is 3. The molecule has 1 aliphatic heterocycles. The maximum absolute atomic E-state index is 12.3. The normalized spacial score (nSPS) is 19.3. The first kappa shape index (κ1) is 14.5. The molecule has 0 aliphatic carbocycles. The third kappa shape index (κ3) is 2.82. The lowest BCUT2D eigenvalue weighted by atomic mass is 9.89. The number of benzene rings is 1. The zero-order valence-electron chi connectivity index (χ0n) is 11.6. The fourth-order valence-corrected chi connectivity index (χ4v) is 2.66. The standard InChI is InChI=1S/C15H20N2O3/c1-2-5-13(16)14(18)17-8-10-6-3-4-7-11(10)12(9-17)15(19)20/h3-4,6-7,12-13H,2,5,8-9,16H2,1H3,(H,19,20). The summed E-state index contributed by atoms with van der Waals surface area (Å²) in [5.41, 5.74) is 7.55. The summed E-state index contributed by atoms with van der Waals surface area (Å²) in [7, 11) is 0. The molecular weight excluding hydrogens is 256 g/mol. The minimum absolute atomic E-state index is 0.160. The Morgan fingerprint density at radius 3 is 2.80 bits per heavy atom. The van der Waals surface area contributed by atoms with Crippen LogP contribution >= 0.6 is 0 Å². The molecule has 1 aliphatic rings. The van der Waals surface area contributed by atoms with Gasteiger partial charge in [0, 0.05) is 13.1 Å². The van der Waals surface area contributed by atoms with Crippen LogP contribution in [0.4, 0.5) is 0 Å². The lowest BCUT2D eigenvalue weighted by Gasteiger charge is -2.34. The molecule has 2 atom stereocenters. The Hall–Kier alpha value is -1.88. The first-order valence-electron chi connectivity index (χ1n) is 6.89. The summed E-state index contributed by atoms with van der Waals surface area (Å²) in [6.45, 7) is 2.61. The van der Waals surface area contributed by atoms with Crippen LogP contribution in [0.15, 0.2) is 24.3 Å². The molecule has 0 radical (unpaired) electrons. The molecule has 20 heavy (non-hydrogen) atoms. The zero-order chi connectivity index (χ0) is 14.7. The van der Waals surface area contributed by atoms with E-state index in [9.17, 15) is 14.7 Å². The predicted octanol–water partition coefficient (Wildman–Crippen LogP) is 1.32. The number of nitrogens with two attached hydrogens (primary N) is 1. The molecule has 0 bridgehead atoms. The Bertz CT molecular complexity index is 516. The van der Waals surface area contributed by atoms with E-state index >= 15 is 0 Å². The Morgan fingerprint density at radius 2 is 2.15 bits per heavy atom. The second-order valence-corrected chi connectivity index (χ2v) is 5.20. The number of amides is 1. The van der Waals surface area contributed by atoms with Crippen molar-refractivity contribution >= 4 is 11.9 Å². The molecule has 0 aromatic heterocycles. The van der Waals surface area contributed by atoms with Crippen LogP contribution in [0.25, 0.3) is 0 Å². The van der Waals surface area contributed by atoms with Gasteiger partial charge in [0.1, 0.15) is 0 Å². The molecular formula is C15H20N2O3. The number of aliphatic carboxylic acids is 1. The maximum Gasteiger partial charge on any atom is 0.312 e. The summed E-state index contributed by atoms with van der Waals surface area (Å²) in [6.07, 6.45) is 1.45. The summed E-state index contributed by atoms with van der Waals surface area (Å²) in [5, 5.41) is 9.36. The number of hydrogen-bond donors (Lipinski definition) is 2. The van der Waals surface area contributed by atoms with E-state index in [2.05, 4.69) is 0 Å². The van der Waals surface area contributed by atoms with Gasteiger partial charge in [-0.1, -0.05) is 37.6 Å². The minimum atomic E-state index is -0.904. The van der Waals surface area contributed by atoms with Crippen molar-refractivity contribution in [1.82, 2.24) is 4.90 Å². The van der Waals surface area contributed by atoms with E-state index in [0.717, 1.165) is 17.5 Å². The third-order valence-electron chi connectivity index (χ3n) is 3.72. The van der Waals surface area contributed by atoms with Crippen LogP contribution in [-0.4, -0.2) is 34.5 Å². The fraction of sp³-hybridized carbons (Fsp3) is 0.467. The molecule has 5 nitrogen and oxygen atoms in total. The quantitative estimate of drug-likeness (QED) is 0.869. The second-order valence-electron chi connectivity index (χ2n) is 5.20. The van der Waals surface area contributed by atoms with Crippen molar-refractivity contribution in [2.45, 2.75) is 38.3 Å². The van der Waals surface area contributed by atoms with E-state index in [-0.39, 0.29) is 12.5 Å². The van der Waals surface area contributed by atoms with Gasteiger partial charge in [0.25, 0.3) is 0 Å². The highest BCUT2D eigenvalue weighted by Crippen LogP contribution is 2.28. The van der Waals surface area contributed by atoms with Gasteiger partial charge in [-0.3, -0.25) is 9.59 Å². The van der Waals surface area contributed by atoms with E-state index < -0.39 is 17.9 Å². The summed E-state index contributed by atoms with van der Waals surface area (Å²) >= 11 is 0. The van der Waals surface area contributed by atoms with Crippen molar-refractivity contribution in [2.24, 2.45) is 5.73 Å². The van der Waals surface area contributed by atoms with Crippen molar-refractivity contribution in [3.05, 3.63) is 35.4 Å². The molecule has 1 aromatic rings. The molecule has 2 unspecified atom stereocenters. The summed E-state index contributed by atoms with van der Waals surface area (Å²) in [5.74, 6) is -1.73. The molecule has 0 saturated carbocycles. The SMILES string of the molecule is CCCC(N)C(=O)N1Cc2ccccc2C(C(=O)O)C1. The summed E-state index contributed by atoms with van der Waals surface area (Å²) in [4.78, 5) is 25.3. The van der Waals surface area contributed by atoms with Gasteiger partial charge in [-0.25, -0.2) is 0 Å². The van der Waals surface area contributed by atoms with Gasteiger partial charge >= 0.3 is 5.97 Å². The lowest BCUT2D eigenvalue weighted by Crippen LogP contribution is -2.47. The molecule has 108 valence electrons. The molecule has 0 spiro atoms. The predicted molar refractivity (Wildman–Crippen MR) is 75.1 cm³/mol. The van der Waals surface area contributed by atoms with Crippen LogP contribution in [0.3, 0.4) is 0 Å². The van der Waals surface area contributed by atoms with Gasteiger partial charge in [0.05, 0.1) is 12.0 Å². The summed E-state index contributed by atoms with van der Waals surface area (Å²) in [6, 6.07) is 6.84. The van der Waals surface area contributed by atoms with Gasteiger partial charge in [-0.2, -0.15) is 0 Å². The number of carbonyl (C=O) groups is 2. The third-order valence-corrected chi connectivity index (χ3v) is 3.72. The van der Waals surface area contributed by atoms with E-state index in [0.29, 0.717) is 13.0 Å². The molecule has 0 fully saturated rings. The number of nitrogens with zero attached hydrogens (tertiary/aromatic N) is 1. The van der Waals surface area contributed by atoms with Crippen LogP contribution in [-0.2, 0) is 16.1 Å². The Morgan fingerprint density at radius 1 is 1.45 bits per heavy atom. The van der Waals surface area contributed by atoms with Gasteiger partial charge in [-0.15, -0.1) is 0 Å². The highest BCUT2D eigenvalue weighted by atomic mass is 16.4. The zero-order valence-corrected chi connectivity index (χ0v) is 11.6. The Balaban J connectivity index is 2.24. The van der Waals surface area contributed by atoms with Crippen LogP contribution in [0.5, 0.6) is 0 Å². The number of carbonyl (C=O) groups excluding carboxylic acids is 1. The first-order valence-corrected chi connectivity index (χ1v) is 6.89. The average molecular weight is 276 g/mol. The van der Waals surface area contributed by atoms with Crippen molar-refractivity contribution < 1.29 is 14.7 Å².